The number of anilines is 1. The number of benzene rings is 1. The molecule has 10 heteroatoms. The minimum absolute atomic E-state index is 0. The van der Waals surface area contributed by atoms with Gasteiger partial charge in [0.15, 0.2) is 5.82 Å². The Morgan fingerprint density at radius 3 is 2.50 bits per heavy atom. The number of aromatic nitrogens is 3. The number of ether oxygens (including phenoxy) is 2. The average molecular weight is 460 g/mol. The third-order valence-corrected chi connectivity index (χ3v) is 5.44. The van der Waals surface area contributed by atoms with E-state index < -0.39 is 0 Å². The van der Waals surface area contributed by atoms with Crippen LogP contribution in [0.15, 0.2) is 35.1 Å². The second-order valence-electron chi connectivity index (χ2n) is 7.24. The molecule has 1 fully saturated rings. The number of carbonyl (C=O) groups is 1. The van der Waals surface area contributed by atoms with E-state index in [0.29, 0.717) is 66.5 Å². The third kappa shape index (κ3) is 4.47. The molecule has 0 radical (unpaired) electrons. The van der Waals surface area contributed by atoms with Gasteiger partial charge >= 0.3 is 0 Å². The van der Waals surface area contributed by atoms with Crippen LogP contribution in [-0.4, -0.2) is 66.2 Å². The van der Waals surface area contributed by atoms with Gasteiger partial charge in [-0.3, -0.25) is 9.59 Å². The molecule has 9 nitrogen and oxygen atoms in total. The number of nitrogens with zero attached hydrogens (tertiary/aromatic N) is 4. The highest BCUT2D eigenvalue weighted by atomic mass is 35.5. The van der Waals surface area contributed by atoms with Crippen LogP contribution in [-0.2, 0) is 4.79 Å². The van der Waals surface area contributed by atoms with E-state index in [4.69, 9.17) is 14.5 Å². The predicted molar refractivity (Wildman–Crippen MR) is 125 cm³/mol. The Bertz CT molecular complexity index is 1170. The average Bonchev–Trinajstić information content (AvgIpc) is 2.82. The highest BCUT2D eigenvalue weighted by Crippen LogP contribution is 2.29. The van der Waals surface area contributed by atoms with E-state index >= 15 is 0 Å². The van der Waals surface area contributed by atoms with Crippen LogP contribution in [0, 0.1) is 0 Å². The van der Waals surface area contributed by atoms with E-state index in [0.717, 1.165) is 5.82 Å². The zero-order valence-electron chi connectivity index (χ0n) is 18.3. The topological polar surface area (TPSA) is 101 Å². The largest absolute Gasteiger partial charge is 0.497 e. The molecule has 0 unspecified atom stereocenters. The highest BCUT2D eigenvalue weighted by Gasteiger charge is 2.21. The van der Waals surface area contributed by atoms with Crippen LogP contribution in [0.4, 0.5) is 5.82 Å². The van der Waals surface area contributed by atoms with Crippen molar-refractivity contribution < 1.29 is 14.3 Å². The number of hydrogen-bond donors (Lipinski definition) is 1. The molecule has 0 aliphatic carbocycles. The zero-order valence-corrected chi connectivity index (χ0v) is 19.1. The molecule has 1 amide bonds. The number of piperazine rings is 1. The normalized spacial score (nSPS) is 13.6. The smallest absolute Gasteiger partial charge is 0.262 e. The maximum absolute atomic E-state index is 12.8. The van der Waals surface area contributed by atoms with Crippen molar-refractivity contribution in [3.8, 4) is 23.0 Å². The quantitative estimate of drug-likeness (QED) is 0.625. The van der Waals surface area contributed by atoms with Crippen molar-refractivity contribution in [2.24, 2.45) is 0 Å². The molecule has 4 rings (SSSR count). The fourth-order valence-corrected chi connectivity index (χ4v) is 3.75. The molecule has 1 aliphatic rings. The Labute approximate surface area is 191 Å². The number of amides is 1. The summed E-state index contributed by atoms with van der Waals surface area (Å²) in [5.41, 5.74) is 0.720. The van der Waals surface area contributed by atoms with Gasteiger partial charge < -0.3 is 24.3 Å². The van der Waals surface area contributed by atoms with Crippen molar-refractivity contribution in [1.29, 1.82) is 0 Å². The molecule has 0 spiro atoms. The van der Waals surface area contributed by atoms with E-state index in [-0.39, 0.29) is 23.9 Å². The molecule has 1 N–H and O–H groups in total. The number of pyridine rings is 1. The summed E-state index contributed by atoms with van der Waals surface area (Å²) in [6.45, 7) is 4.63. The first-order valence-electron chi connectivity index (χ1n) is 10.2. The van der Waals surface area contributed by atoms with Crippen molar-refractivity contribution >= 4 is 35.0 Å². The molecule has 0 bridgehead atoms. The van der Waals surface area contributed by atoms with Crippen molar-refractivity contribution in [3.63, 3.8) is 0 Å². The van der Waals surface area contributed by atoms with Gasteiger partial charge in [-0.1, -0.05) is 13.0 Å². The molecule has 170 valence electrons. The Morgan fingerprint density at radius 1 is 1.09 bits per heavy atom. The molecule has 1 aromatic carbocycles. The maximum Gasteiger partial charge on any atom is 0.262 e. The molecule has 3 heterocycles. The summed E-state index contributed by atoms with van der Waals surface area (Å²) in [6, 6.07) is 8.97. The van der Waals surface area contributed by atoms with Gasteiger partial charge in [0, 0.05) is 44.7 Å². The van der Waals surface area contributed by atoms with Crippen molar-refractivity contribution in [2.75, 3.05) is 45.3 Å². The van der Waals surface area contributed by atoms with Crippen LogP contribution in [0.3, 0.4) is 0 Å². The Kier molecular flexibility index (Phi) is 7.19. The van der Waals surface area contributed by atoms with Gasteiger partial charge in [0.05, 0.1) is 19.7 Å². The monoisotopic (exact) mass is 459 g/mol. The number of methoxy groups -OCH3 is 2. The second-order valence-corrected chi connectivity index (χ2v) is 7.24. The molecular weight excluding hydrogens is 434 g/mol. The van der Waals surface area contributed by atoms with Crippen LogP contribution in [0.25, 0.3) is 22.4 Å². The maximum atomic E-state index is 12.8. The van der Waals surface area contributed by atoms with E-state index in [1.54, 1.807) is 19.2 Å². The van der Waals surface area contributed by atoms with Gasteiger partial charge in [0.2, 0.25) is 5.91 Å². The molecule has 32 heavy (non-hydrogen) atoms. The lowest BCUT2D eigenvalue weighted by atomic mass is 10.2. The second kappa shape index (κ2) is 9.86. The summed E-state index contributed by atoms with van der Waals surface area (Å²) in [7, 11) is 3.05. The van der Waals surface area contributed by atoms with Crippen LogP contribution < -0.4 is 19.9 Å². The Balaban J connectivity index is 0.00000289. The van der Waals surface area contributed by atoms with E-state index in [9.17, 15) is 9.59 Å². The first-order chi connectivity index (χ1) is 15.0. The number of H-pyrrole nitrogens is 1. The van der Waals surface area contributed by atoms with E-state index in [1.165, 1.54) is 7.11 Å². The van der Waals surface area contributed by atoms with Gasteiger partial charge in [-0.2, -0.15) is 0 Å². The Hall–Kier alpha value is -3.33. The summed E-state index contributed by atoms with van der Waals surface area (Å²) < 4.78 is 10.6. The SMILES string of the molecule is CCC(=O)N1CCN(c2cccc(-c3nc4cc(OC)cc(OC)c4c(=O)[nH]3)n2)CC1.Cl. The number of fused-ring (bicyclic) bond motifs is 1. The van der Waals surface area contributed by atoms with Crippen molar-refractivity contribution in [3.05, 3.63) is 40.7 Å². The predicted octanol–water partition coefficient (Wildman–Crippen LogP) is 2.48. The summed E-state index contributed by atoms with van der Waals surface area (Å²) >= 11 is 0. The fraction of sp³-hybridized carbons (Fsp3) is 0.364. The highest BCUT2D eigenvalue weighted by molar-refractivity contribution is 5.87. The summed E-state index contributed by atoms with van der Waals surface area (Å²) in [5.74, 6) is 2.28. The number of rotatable bonds is 5. The van der Waals surface area contributed by atoms with E-state index in [2.05, 4.69) is 14.9 Å². The number of carbonyl (C=O) groups excluding carboxylic acids is 1. The number of nitrogens with one attached hydrogen (secondary N) is 1. The molecule has 1 aliphatic heterocycles. The summed E-state index contributed by atoms with van der Waals surface area (Å²) in [5, 5.41) is 0.361. The molecule has 3 aromatic rings. The molecule has 0 atom stereocenters. The summed E-state index contributed by atoms with van der Waals surface area (Å²) in [6.07, 6.45) is 0.518. The number of aromatic amines is 1. The van der Waals surface area contributed by atoms with Crippen LogP contribution >= 0.6 is 12.4 Å². The van der Waals surface area contributed by atoms with Crippen LogP contribution in [0.1, 0.15) is 13.3 Å². The molecule has 2 aromatic heterocycles. The first kappa shape index (κ1) is 23.3. The first-order valence-corrected chi connectivity index (χ1v) is 10.2. The number of halogens is 1. The molecule has 0 saturated carbocycles. The van der Waals surface area contributed by atoms with Crippen LogP contribution in [0.5, 0.6) is 11.5 Å². The molecule has 1 saturated heterocycles. The lowest BCUT2D eigenvalue weighted by molar-refractivity contribution is -0.131. The van der Waals surface area contributed by atoms with Gasteiger partial charge in [-0.15, -0.1) is 12.4 Å². The van der Waals surface area contributed by atoms with Gasteiger partial charge in [0.1, 0.15) is 28.4 Å². The van der Waals surface area contributed by atoms with Crippen molar-refractivity contribution in [1.82, 2.24) is 19.9 Å². The molecular formula is C22H26ClN5O4. The zero-order chi connectivity index (χ0) is 22.0. The van der Waals surface area contributed by atoms with Crippen LogP contribution in [0.2, 0.25) is 0 Å². The third-order valence-electron chi connectivity index (χ3n) is 5.44. The minimum atomic E-state index is -0.307. The van der Waals surface area contributed by atoms with Gasteiger partial charge in [-0.05, 0) is 12.1 Å². The van der Waals surface area contributed by atoms with Gasteiger partial charge in [-0.25, -0.2) is 9.97 Å². The number of hydrogen-bond acceptors (Lipinski definition) is 7. The lowest BCUT2D eigenvalue weighted by Gasteiger charge is -2.35. The summed E-state index contributed by atoms with van der Waals surface area (Å²) in [4.78, 5) is 40.8. The fourth-order valence-electron chi connectivity index (χ4n) is 3.75. The van der Waals surface area contributed by atoms with Gasteiger partial charge in [0.25, 0.3) is 5.56 Å². The minimum Gasteiger partial charge on any atom is -0.497 e. The van der Waals surface area contributed by atoms with E-state index in [1.807, 2.05) is 30.0 Å². The lowest BCUT2D eigenvalue weighted by Crippen LogP contribution is -2.48. The van der Waals surface area contributed by atoms with Crippen molar-refractivity contribution in [2.45, 2.75) is 13.3 Å². The standard InChI is InChI=1S/C22H25N5O4.ClH/c1-4-19(28)27-10-8-26(9-11-27)18-7-5-6-15(23-18)21-24-16-12-14(30-2)13-17(31-3)20(16)22(29)25-21;/h5-7,12-13H,4,8-11H2,1-3H3,(H,24,25,29);1H. The Morgan fingerprint density at radius 2 is 1.84 bits per heavy atom.